The molecule has 0 heterocycles. The highest BCUT2D eigenvalue weighted by atomic mass is 16.6. The second kappa shape index (κ2) is 3.45. The molecule has 0 aromatic rings. The van der Waals surface area contributed by atoms with Crippen molar-refractivity contribution >= 4 is 5.97 Å². The van der Waals surface area contributed by atoms with Crippen molar-refractivity contribution in [3.8, 4) is 0 Å². The topological polar surface area (TPSA) is 35.5 Å². The minimum Gasteiger partial charge on any atom is -0.455 e. The fraction of sp³-hybridized carbons (Fsp3) is 0.643. The first-order valence-corrected chi connectivity index (χ1v) is 6.16. The zero-order valence-corrected chi connectivity index (χ0v) is 10.3. The van der Waals surface area contributed by atoms with Crippen molar-refractivity contribution in [2.24, 2.45) is 23.7 Å². The van der Waals surface area contributed by atoms with Crippen LogP contribution in [-0.4, -0.2) is 25.3 Å². The molecule has 17 heavy (non-hydrogen) atoms. The van der Waals surface area contributed by atoms with Crippen LogP contribution in [-0.2, 0) is 14.3 Å². The smallest absolute Gasteiger partial charge is 0.333 e. The van der Waals surface area contributed by atoms with E-state index >= 15 is 0 Å². The minimum atomic E-state index is -0.246. The van der Waals surface area contributed by atoms with Gasteiger partial charge in [0.1, 0.15) is 5.60 Å². The molecule has 3 rings (SSSR count). The lowest BCUT2D eigenvalue weighted by atomic mass is 9.91. The van der Waals surface area contributed by atoms with Gasteiger partial charge in [-0.1, -0.05) is 18.7 Å². The average molecular weight is 234 g/mol. The normalized spacial score (nSPS) is 44.6. The number of hydrogen-bond acceptors (Lipinski definition) is 3. The Morgan fingerprint density at radius 2 is 2.29 bits per heavy atom. The summed E-state index contributed by atoms with van der Waals surface area (Å²) in [5.41, 5.74) is 0.263. The standard InChI is InChI=1S/C14H18O3/c1-8(2)13(15)17-14-6-12(14)9-4-5-11(14)10(9)7-16-3/h4-5,9-12H,1,6-7H2,2-3H3. The molecule has 2 bridgehead atoms. The summed E-state index contributed by atoms with van der Waals surface area (Å²) in [6.07, 6.45) is 5.50. The maximum atomic E-state index is 11.7. The molecular weight excluding hydrogens is 216 g/mol. The Labute approximate surface area is 101 Å². The molecule has 2 saturated carbocycles. The van der Waals surface area contributed by atoms with E-state index in [2.05, 4.69) is 18.7 Å². The lowest BCUT2D eigenvalue weighted by Gasteiger charge is -2.24. The largest absolute Gasteiger partial charge is 0.455 e. The monoisotopic (exact) mass is 234 g/mol. The highest BCUT2D eigenvalue weighted by Gasteiger charge is 2.74. The van der Waals surface area contributed by atoms with Gasteiger partial charge >= 0.3 is 5.97 Å². The summed E-state index contributed by atoms with van der Waals surface area (Å²) in [7, 11) is 1.73. The highest BCUT2D eigenvalue weighted by Crippen LogP contribution is 2.70. The summed E-state index contributed by atoms with van der Waals surface area (Å²) in [6.45, 7) is 6.10. The average Bonchev–Trinajstić information content (AvgIpc) is 2.81. The van der Waals surface area contributed by atoms with E-state index in [0.717, 1.165) is 13.0 Å². The summed E-state index contributed by atoms with van der Waals surface area (Å²) in [6, 6.07) is 0. The molecule has 3 aliphatic carbocycles. The van der Waals surface area contributed by atoms with Crippen molar-refractivity contribution in [3.05, 3.63) is 24.3 Å². The van der Waals surface area contributed by atoms with Crippen LogP contribution in [0.2, 0.25) is 0 Å². The molecule has 3 nitrogen and oxygen atoms in total. The van der Waals surface area contributed by atoms with E-state index < -0.39 is 0 Å². The maximum Gasteiger partial charge on any atom is 0.333 e. The third-order valence-corrected chi connectivity index (χ3v) is 4.52. The van der Waals surface area contributed by atoms with Crippen LogP contribution in [0.5, 0.6) is 0 Å². The molecule has 0 aliphatic heterocycles. The van der Waals surface area contributed by atoms with Gasteiger partial charge in [-0.2, -0.15) is 0 Å². The molecule has 3 aliphatic rings. The van der Waals surface area contributed by atoms with Gasteiger partial charge in [-0.25, -0.2) is 4.79 Å². The van der Waals surface area contributed by atoms with Gasteiger partial charge in [0.25, 0.3) is 0 Å². The number of esters is 1. The van der Waals surface area contributed by atoms with Crippen molar-refractivity contribution in [2.75, 3.05) is 13.7 Å². The van der Waals surface area contributed by atoms with Crippen LogP contribution >= 0.6 is 0 Å². The maximum absolute atomic E-state index is 11.7. The molecular formula is C14H18O3. The molecule has 5 unspecified atom stereocenters. The summed E-state index contributed by atoms with van der Waals surface area (Å²) in [5, 5.41) is 0. The summed E-state index contributed by atoms with van der Waals surface area (Å²) in [5.74, 6) is 1.65. The van der Waals surface area contributed by atoms with Crippen molar-refractivity contribution in [1.29, 1.82) is 0 Å². The number of rotatable bonds is 4. The van der Waals surface area contributed by atoms with Crippen LogP contribution in [0.15, 0.2) is 24.3 Å². The molecule has 0 saturated heterocycles. The van der Waals surface area contributed by atoms with Crippen LogP contribution in [0.4, 0.5) is 0 Å². The van der Waals surface area contributed by atoms with E-state index in [1.165, 1.54) is 0 Å². The van der Waals surface area contributed by atoms with E-state index in [-0.39, 0.29) is 11.6 Å². The fourth-order valence-corrected chi connectivity index (χ4v) is 3.71. The van der Waals surface area contributed by atoms with Crippen molar-refractivity contribution in [2.45, 2.75) is 18.9 Å². The fourth-order valence-electron chi connectivity index (χ4n) is 3.71. The van der Waals surface area contributed by atoms with Gasteiger partial charge in [-0.15, -0.1) is 0 Å². The molecule has 0 amide bonds. The number of methoxy groups -OCH3 is 1. The van der Waals surface area contributed by atoms with Crippen LogP contribution in [0, 0.1) is 23.7 Å². The van der Waals surface area contributed by atoms with E-state index in [1.807, 2.05) is 0 Å². The molecule has 0 aromatic carbocycles. The Kier molecular flexibility index (Phi) is 2.24. The van der Waals surface area contributed by atoms with Crippen LogP contribution < -0.4 is 0 Å². The number of ether oxygens (including phenoxy) is 2. The predicted molar refractivity (Wildman–Crippen MR) is 63.2 cm³/mol. The van der Waals surface area contributed by atoms with Gasteiger partial charge in [-0.05, 0) is 25.2 Å². The number of carbonyl (C=O) groups is 1. The SMILES string of the molecule is C=C(C)C(=O)OC12CC1C1C=CC2C1COC. The highest BCUT2D eigenvalue weighted by molar-refractivity contribution is 5.87. The molecule has 0 aromatic heterocycles. The molecule has 3 heteroatoms. The number of carbonyl (C=O) groups excluding carboxylic acids is 1. The first kappa shape index (κ1) is 11.0. The molecule has 0 spiro atoms. The molecule has 2 fully saturated rings. The molecule has 92 valence electrons. The third-order valence-electron chi connectivity index (χ3n) is 4.52. The second-order valence-corrected chi connectivity index (χ2v) is 5.54. The summed E-state index contributed by atoms with van der Waals surface area (Å²) < 4.78 is 11.0. The second-order valence-electron chi connectivity index (χ2n) is 5.54. The van der Waals surface area contributed by atoms with Gasteiger partial charge in [-0.3, -0.25) is 0 Å². The van der Waals surface area contributed by atoms with Crippen molar-refractivity contribution < 1.29 is 14.3 Å². The van der Waals surface area contributed by atoms with E-state index in [9.17, 15) is 4.79 Å². The minimum absolute atomic E-state index is 0.224. The van der Waals surface area contributed by atoms with Crippen molar-refractivity contribution in [3.63, 3.8) is 0 Å². The zero-order chi connectivity index (χ0) is 12.2. The molecule has 5 atom stereocenters. The third kappa shape index (κ3) is 1.35. The quantitative estimate of drug-likeness (QED) is 0.423. The number of allylic oxidation sites excluding steroid dienone is 1. The predicted octanol–water partition coefficient (Wildman–Crippen LogP) is 1.94. The van der Waals surface area contributed by atoms with Gasteiger partial charge in [0.15, 0.2) is 0 Å². The van der Waals surface area contributed by atoms with Gasteiger partial charge in [0.05, 0.1) is 6.61 Å². The van der Waals surface area contributed by atoms with Gasteiger partial charge in [0, 0.05) is 24.5 Å². The van der Waals surface area contributed by atoms with Crippen LogP contribution in [0.3, 0.4) is 0 Å². The Morgan fingerprint density at radius 1 is 1.53 bits per heavy atom. The lowest BCUT2D eigenvalue weighted by Crippen LogP contribution is -2.30. The van der Waals surface area contributed by atoms with Crippen LogP contribution in [0.1, 0.15) is 13.3 Å². The molecule has 0 N–H and O–H groups in total. The number of hydrogen-bond donors (Lipinski definition) is 0. The van der Waals surface area contributed by atoms with Gasteiger partial charge in [0.2, 0.25) is 0 Å². The van der Waals surface area contributed by atoms with E-state index in [1.54, 1.807) is 14.0 Å². The number of fused-ring (bicyclic) bond motifs is 5. The summed E-state index contributed by atoms with van der Waals surface area (Å²) >= 11 is 0. The van der Waals surface area contributed by atoms with Crippen LogP contribution in [0.25, 0.3) is 0 Å². The Morgan fingerprint density at radius 3 is 2.94 bits per heavy atom. The lowest BCUT2D eigenvalue weighted by molar-refractivity contribution is -0.149. The first-order valence-electron chi connectivity index (χ1n) is 6.16. The Balaban J connectivity index is 1.77. The zero-order valence-electron chi connectivity index (χ0n) is 10.3. The Hall–Kier alpha value is -1.09. The van der Waals surface area contributed by atoms with Crippen molar-refractivity contribution in [1.82, 2.24) is 0 Å². The van der Waals surface area contributed by atoms with Gasteiger partial charge < -0.3 is 9.47 Å². The first-order chi connectivity index (χ1) is 8.10. The Bertz CT molecular complexity index is 412. The van der Waals surface area contributed by atoms with E-state index in [4.69, 9.17) is 9.47 Å². The molecule has 0 radical (unpaired) electrons. The van der Waals surface area contributed by atoms with E-state index in [0.29, 0.717) is 29.2 Å². The summed E-state index contributed by atoms with van der Waals surface area (Å²) in [4.78, 5) is 11.7.